The average molecular weight is 330 g/mol. The molecule has 0 bridgehead atoms. The van der Waals surface area contributed by atoms with E-state index in [-0.39, 0.29) is 5.15 Å². The van der Waals surface area contributed by atoms with Crippen LogP contribution in [0.25, 0.3) is 0 Å². The van der Waals surface area contributed by atoms with Crippen molar-refractivity contribution in [3.63, 3.8) is 0 Å². The highest BCUT2D eigenvalue weighted by molar-refractivity contribution is 9.10. The van der Waals surface area contributed by atoms with E-state index in [0.29, 0.717) is 17.3 Å². The second-order valence-corrected chi connectivity index (χ2v) is 4.71. The number of hydrogen-bond donors (Lipinski definition) is 2. The van der Waals surface area contributed by atoms with Gasteiger partial charge in [0.2, 0.25) is 0 Å². The summed E-state index contributed by atoms with van der Waals surface area (Å²) in [5.74, 6) is 1.17. The molecular weight excluding hydrogens is 320 g/mol. The lowest BCUT2D eigenvalue weighted by Crippen LogP contribution is -2.01. The predicted octanol–water partition coefficient (Wildman–Crippen LogP) is 3.23. The molecule has 5 nitrogen and oxygen atoms in total. The van der Waals surface area contributed by atoms with Gasteiger partial charge in [-0.2, -0.15) is 0 Å². The summed E-state index contributed by atoms with van der Waals surface area (Å²) in [6, 6.07) is 5.54. The highest BCUT2D eigenvalue weighted by Crippen LogP contribution is 2.29. The Bertz CT molecular complexity index is 579. The number of halogens is 2. The Morgan fingerprint density at radius 2 is 2.11 bits per heavy atom. The van der Waals surface area contributed by atoms with E-state index in [1.807, 2.05) is 18.2 Å². The third-order valence-electron chi connectivity index (χ3n) is 2.21. The van der Waals surface area contributed by atoms with Crippen LogP contribution in [-0.2, 0) is 0 Å². The standard InChI is InChI=1S/C11H10BrClN4O/c1-18-8-3-6(12)2-7(4-8)17-11-9(14)10(13)15-5-16-11/h2-5H,14H2,1H3,(H,15,16,17). The second kappa shape index (κ2) is 5.41. The number of benzene rings is 1. The molecule has 0 unspecified atom stereocenters. The van der Waals surface area contributed by atoms with Crippen molar-refractivity contribution in [3.8, 4) is 5.75 Å². The first-order valence-corrected chi connectivity index (χ1v) is 6.15. The molecule has 94 valence electrons. The molecule has 0 atom stereocenters. The third-order valence-corrected chi connectivity index (χ3v) is 2.96. The fourth-order valence-electron chi connectivity index (χ4n) is 1.36. The van der Waals surface area contributed by atoms with Crippen molar-refractivity contribution in [3.05, 3.63) is 34.2 Å². The highest BCUT2D eigenvalue weighted by atomic mass is 79.9. The molecule has 1 aromatic carbocycles. The van der Waals surface area contributed by atoms with Crippen LogP contribution in [0.3, 0.4) is 0 Å². The van der Waals surface area contributed by atoms with Crippen LogP contribution in [0.2, 0.25) is 5.15 Å². The van der Waals surface area contributed by atoms with Gasteiger partial charge in [0.25, 0.3) is 0 Å². The van der Waals surface area contributed by atoms with Gasteiger partial charge in [0.1, 0.15) is 17.8 Å². The summed E-state index contributed by atoms with van der Waals surface area (Å²) >= 11 is 9.21. The van der Waals surface area contributed by atoms with Crippen molar-refractivity contribution in [2.45, 2.75) is 0 Å². The Kier molecular flexibility index (Phi) is 3.88. The zero-order valence-corrected chi connectivity index (χ0v) is 11.8. The molecule has 0 aliphatic rings. The summed E-state index contributed by atoms with van der Waals surface area (Å²) in [6.45, 7) is 0. The van der Waals surface area contributed by atoms with Crippen LogP contribution in [0.15, 0.2) is 29.0 Å². The van der Waals surface area contributed by atoms with Crippen molar-refractivity contribution >= 4 is 44.7 Å². The number of aromatic nitrogens is 2. The Hall–Kier alpha value is -1.53. The average Bonchev–Trinajstić information content (AvgIpc) is 2.34. The van der Waals surface area contributed by atoms with Gasteiger partial charge in [-0.1, -0.05) is 27.5 Å². The molecule has 2 aromatic rings. The monoisotopic (exact) mass is 328 g/mol. The molecule has 2 rings (SSSR count). The molecule has 0 radical (unpaired) electrons. The number of nitrogens with zero attached hydrogens (tertiary/aromatic N) is 2. The minimum absolute atomic E-state index is 0.217. The first kappa shape index (κ1) is 12.9. The van der Waals surface area contributed by atoms with Crippen molar-refractivity contribution in [2.75, 3.05) is 18.2 Å². The zero-order valence-electron chi connectivity index (χ0n) is 9.45. The molecule has 0 aliphatic heterocycles. The summed E-state index contributed by atoms with van der Waals surface area (Å²) in [5, 5.41) is 3.28. The molecule has 0 saturated carbocycles. The van der Waals surface area contributed by atoms with Crippen LogP contribution in [0.1, 0.15) is 0 Å². The third kappa shape index (κ3) is 2.83. The molecule has 0 spiro atoms. The largest absolute Gasteiger partial charge is 0.497 e. The Morgan fingerprint density at radius 3 is 2.83 bits per heavy atom. The molecule has 0 saturated heterocycles. The number of nitrogens with two attached hydrogens (primary N) is 1. The van der Waals surface area contributed by atoms with Gasteiger partial charge in [0, 0.05) is 16.2 Å². The van der Waals surface area contributed by atoms with Crippen LogP contribution in [0.5, 0.6) is 5.75 Å². The van der Waals surface area contributed by atoms with E-state index in [4.69, 9.17) is 22.1 Å². The van der Waals surface area contributed by atoms with E-state index in [2.05, 4.69) is 31.2 Å². The first-order chi connectivity index (χ1) is 8.60. The number of ether oxygens (including phenoxy) is 1. The van der Waals surface area contributed by atoms with E-state index in [9.17, 15) is 0 Å². The molecule has 3 N–H and O–H groups in total. The van der Waals surface area contributed by atoms with Crippen molar-refractivity contribution in [1.29, 1.82) is 0 Å². The van der Waals surface area contributed by atoms with E-state index in [0.717, 1.165) is 10.2 Å². The Labute approximate surface area is 117 Å². The van der Waals surface area contributed by atoms with Gasteiger partial charge in [-0.3, -0.25) is 0 Å². The van der Waals surface area contributed by atoms with Gasteiger partial charge < -0.3 is 15.8 Å². The summed E-state index contributed by atoms with van der Waals surface area (Å²) in [4.78, 5) is 7.82. The minimum atomic E-state index is 0.217. The van der Waals surface area contributed by atoms with E-state index in [1.54, 1.807) is 7.11 Å². The van der Waals surface area contributed by atoms with Crippen molar-refractivity contribution in [1.82, 2.24) is 9.97 Å². The van der Waals surface area contributed by atoms with Crippen LogP contribution in [-0.4, -0.2) is 17.1 Å². The fourth-order valence-corrected chi connectivity index (χ4v) is 1.97. The van der Waals surface area contributed by atoms with Gasteiger partial charge in [0.05, 0.1) is 7.11 Å². The van der Waals surface area contributed by atoms with E-state index < -0.39 is 0 Å². The highest BCUT2D eigenvalue weighted by Gasteiger charge is 2.07. The lowest BCUT2D eigenvalue weighted by molar-refractivity contribution is 0.415. The maximum absolute atomic E-state index is 5.82. The number of hydrogen-bond acceptors (Lipinski definition) is 5. The molecule has 0 fully saturated rings. The minimum Gasteiger partial charge on any atom is -0.497 e. The lowest BCUT2D eigenvalue weighted by Gasteiger charge is -2.10. The normalized spacial score (nSPS) is 10.2. The Balaban J connectivity index is 2.34. The number of rotatable bonds is 3. The van der Waals surface area contributed by atoms with Gasteiger partial charge in [-0.05, 0) is 12.1 Å². The smallest absolute Gasteiger partial charge is 0.158 e. The summed E-state index contributed by atoms with van der Waals surface area (Å²) in [7, 11) is 1.60. The van der Waals surface area contributed by atoms with Crippen LogP contribution in [0, 0.1) is 0 Å². The van der Waals surface area contributed by atoms with Crippen molar-refractivity contribution < 1.29 is 4.74 Å². The molecule has 1 heterocycles. The van der Waals surface area contributed by atoms with E-state index >= 15 is 0 Å². The van der Waals surface area contributed by atoms with Gasteiger partial charge in [0.15, 0.2) is 11.0 Å². The van der Waals surface area contributed by atoms with Gasteiger partial charge in [-0.25, -0.2) is 9.97 Å². The second-order valence-electron chi connectivity index (χ2n) is 3.43. The number of methoxy groups -OCH3 is 1. The zero-order chi connectivity index (χ0) is 13.1. The van der Waals surface area contributed by atoms with E-state index in [1.165, 1.54) is 6.33 Å². The fraction of sp³-hybridized carbons (Fsp3) is 0.0909. The van der Waals surface area contributed by atoms with Gasteiger partial charge >= 0.3 is 0 Å². The summed E-state index contributed by atoms with van der Waals surface area (Å²) < 4.78 is 6.05. The maximum Gasteiger partial charge on any atom is 0.158 e. The summed E-state index contributed by atoms with van der Waals surface area (Å²) in [6.07, 6.45) is 1.34. The molecule has 0 aliphatic carbocycles. The predicted molar refractivity (Wildman–Crippen MR) is 75.4 cm³/mol. The first-order valence-electron chi connectivity index (χ1n) is 4.97. The van der Waals surface area contributed by atoms with Gasteiger partial charge in [-0.15, -0.1) is 0 Å². The molecule has 1 aromatic heterocycles. The SMILES string of the molecule is COc1cc(Br)cc(Nc2ncnc(Cl)c2N)c1. The number of nitrogen functional groups attached to an aromatic ring is 1. The van der Waals surface area contributed by atoms with Crippen molar-refractivity contribution in [2.24, 2.45) is 0 Å². The van der Waals surface area contributed by atoms with Crippen LogP contribution >= 0.6 is 27.5 Å². The molecule has 0 amide bonds. The summed E-state index contributed by atoms with van der Waals surface area (Å²) in [5.41, 5.74) is 6.86. The molecular formula is C11H10BrClN4O. The quantitative estimate of drug-likeness (QED) is 0.846. The molecule has 7 heteroatoms. The number of anilines is 3. The van der Waals surface area contributed by atoms with Crippen LogP contribution < -0.4 is 15.8 Å². The maximum atomic E-state index is 5.82. The Morgan fingerprint density at radius 1 is 1.33 bits per heavy atom. The van der Waals surface area contributed by atoms with Crippen LogP contribution in [0.4, 0.5) is 17.2 Å². The topological polar surface area (TPSA) is 73.1 Å². The number of nitrogens with one attached hydrogen (secondary N) is 1. The lowest BCUT2D eigenvalue weighted by atomic mass is 10.3. The molecule has 18 heavy (non-hydrogen) atoms.